The molecule has 4 nitrogen and oxygen atoms in total. The van der Waals surface area contributed by atoms with Gasteiger partial charge < -0.3 is 15.5 Å². The second kappa shape index (κ2) is 3.98. The highest BCUT2D eigenvalue weighted by atomic mass is 15.3. The van der Waals surface area contributed by atoms with Gasteiger partial charge in [0.2, 0.25) is 0 Å². The smallest absolute Gasteiger partial charge is 0.109 e. The van der Waals surface area contributed by atoms with Crippen molar-refractivity contribution in [3.8, 4) is 6.07 Å². The predicted octanol–water partition coefficient (Wildman–Crippen LogP) is -0.443. The Hall–Kier alpha value is -1.21. The number of rotatable bonds is 1. The molecule has 0 unspecified atom stereocenters. The van der Waals surface area contributed by atoms with Gasteiger partial charge in [0.15, 0.2) is 0 Å². The average Bonchev–Trinajstić information content (AvgIpc) is 2.06. The van der Waals surface area contributed by atoms with Crippen molar-refractivity contribution in [1.29, 1.82) is 5.26 Å². The molecule has 1 aliphatic heterocycles. The Morgan fingerprint density at radius 2 is 2.00 bits per heavy atom. The van der Waals surface area contributed by atoms with E-state index in [9.17, 15) is 0 Å². The molecule has 1 aliphatic rings. The molecule has 0 aromatic heterocycles. The summed E-state index contributed by atoms with van der Waals surface area (Å²) in [5, 5.41) is 8.38. The molecule has 0 atom stereocenters. The highest BCUT2D eigenvalue weighted by molar-refractivity contribution is 5.09. The first-order chi connectivity index (χ1) is 5.74. The molecule has 0 saturated carbocycles. The molecule has 0 aromatic carbocycles. The third-order valence-electron chi connectivity index (χ3n) is 2.08. The number of nitriles is 1. The monoisotopic (exact) mass is 166 g/mol. The topological polar surface area (TPSA) is 56.3 Å². The molecule has 0 aliphatic carbocycles. The Balaban J connectivity index is 2.45. The largest absolute Gasteiger partial charge is 0.385 e. The number of nitrogens with two attached hydrogens (primary N) is 1. The van der Waals surface area contributed by atoms with Crippen LogP contribution in [0.15, 0.2) is 11.9 Å². The van der Waals surface area contributed by atoms with Crippen molar-refractivity contribution in [2.24, 2.45) is 5.73 Å². The third kappa shape index (κ3) is 2.14. The Morgan fingerprint density at radius 1 is 1.42 bits per heavy atom. The van der Waals surface area contributed by atoms with Gasteiger partial charge in [-0.1, -0.05) is 0 Å². The molecule has 1 saturated heterocycles. The molecule has 0 aromatic rings. The van der Waals surface area contributed by atoms with Crippen LogP contribution in [0.2, 0.25) is 0 Å². The summed E-state index contributed by atoms with van der Waals surface area (Å²) in [5.41, 5.74) is 5.65. The fourth-order valence-electron chi connectivity index (χ4n) is 1.22. The quantitative estimate of drug-likeness (QED) is 0.536. The Labute approximate surface area is 72.9 Å². The summed E-state index contributed by atoms with van der Waals surface area (Å²) in [6.45, 7) is 3.86. The lowest BCUT2D eigenvalue weighted by Gasteiger charge is -2.33. The van der Waals surface area contributed by atoms with Crippen LogP contribution in [-0.4, -0.2) is 43.0 Å². The maximum Gasteiger partial charge on any atom is 0.109 e. The van der Waals surface area contributed by atoms with Gasteiger partial charge in [0.1, 0.15) is 5.82 Å². The minimum atomic E-state index is 0.589. The molecular formula is C8H14N4. The lowest BCUT2D eigenvalue weighted by molar-refractivity contribution is 0.185. The second-order valence-corrected chi connectivity index (χ2v) is 2.99. The lowest BCUT2D eigenvalue weighted by Crippen LogP contribution is -2.45. The number of piperazine rings is 1. The van der Waals surface area contributed by atoms with Gasteiger partial charge in [0, 0.05) is 26.2 Å². The van der Waals surface area contributed by atoms with Crippen molar-refractivity contribution in [1.82, 2.24) is 9.80 Å². The maximum absolute atomic E-state index is 8.38. The average molecular weight is 166 g/mol. The van der Waals surface area contributed by atoms with Gasteiger partial charge in [-0.3, -0.25) is 0 Å². The SMILES string of the molecule is CN1CCN(/C(N)=C\C#N)CC1. The van der Waals surface area contributed by atoms with Gasteiger partial charge in [0.25, 0.3) is 0 Å². The van der Waals surface area contributed by atoms with E-state index in [0.29, 0.717) is 5.82 Å². The fourth-order valence-corrected chi connectivity index (χ4v) is 1.22. The maximum atomic E-state index is 8.38. The van der Waals surface area contributed by atoms with E-state index in [1.165, 1.54) is 6.08 Å². The molecule has 0 amide bonds. The van der Waals surface area contributed by atoms with Crippen LogP contribution in [0.1, 0.15) is 0 Å². The van der Waals surface area contributed by atoms with Crippen LogP contribution < -0.4 is 5.73 Å². The zero-order valence-corrected chi connectivity index (χ0v) is 7.32. The van der Waals surface area contributed by atoms with Gasteiger partial charge in [-0.05, 0) is 7.05 Å². The zero-order valence-electron chi connectivity index (χ0n) is 7.32. The molecule has 4 heteroatoms. The molecule has 1 rings (SSSR count). The molecule has 66 valence electrons. The summed E-state index contributed by atoms with van der Waals surface area (Å²) in [6, 6.07) is 1.93. The van der Waals surface area contributed by atoms with Crippen LogP contribution in [0, 0.1) is 11.3 Å². The summed E-state index contributed by atoms with van der Waals surface area (Å²) >= 11 is 0. The van der Waals surface area contributed by atoms with E-state index in [1.54, 1.807) is 0 Å². The third-order valence-corrected chi connectivity index (χ3v) is 2.08. The molecular weight excluding hydrogens is 152 g/mol. The lowest BCUT2D eigenvalue weighted by atomic mass is 10.3. The molecule has 2 N–H and O–H groups in total. The van der Waals surface area contributed by atoms with E-state index in [-0.39, 0.29) is 0 Å². The fraction of sp³-hybridized carbons (Fsp3) is 0.625. The summed E-state index contributed by atoms with van der Waals surface area (Å²) in [5.74, 6) is 0.589. The van der Waals surface area contributed by atoms with Crippen LogP contribution in [0.3, 0.4) is 0 Å². The standard InChI is InChI=1S/C8H14N4/c1-11-4-6-12(7-5-11)8(10)2-3-9/h2H,4-7,10H2,1H3/b8-2-. The van der Waals surface area contributed by atoms with Gasteiger partial charge in [-0.25, -0.2) is 0 Å². The van der Waals surface area contributed by atoms with Crippen molar-refractivity contribution < 1.29 is 0 Å². The van der Waals surface area contributed by atoms with Crippen LogP contribution in [0.5, 0.6) is 0 Å². The molecule has 0 radical (unpaired) electrons. The number of likely N-dealkylation sites (N-methyl/N-ethyl adjacent to an activating group) is 1. The van der Waals surface area contributed by atoms with E-state index >= 15 is 0 Å². The Bertz CT molecular complexity index is 208. The summed E-state index contributed by atoms with van der Waals surface area (Å²) in [7, 11) is 2.08. The Morgan fingerprint density at radius 3 is 2.50 bits per heavy atom. The summed E-state index contributed by atoms with van der Waals surface area (Å²) in [4.78, 5) is 4.28. The van der Waals surface area contributed by atoms with E-state index in [1.807, 2.05) is 11.0 Å². The van der Waals surface area contributed by atoms with Crippen molar-refractivity contribution in [2.45, 2.75) is 0 Å². The van der Waals surface area contributed by atoms with Crippen molar-refractivity contribution in [2.75, 3.05) is 33.2 Å². The van der Waals surface area contributed by atoms with E-state index in [0.717, 1.165) is 26.2 Å². The van der Waals surface area contributed by atoms with Crippen LogP contribution in [-0.2, 0) is 0 Å². The number of allylic oxidation sites excluding steroid dienone is 1. The normalized spacial score (nSPS) is 20.7. The van der Waals surface area contributed by atoms with E-state index in [4.69, 9.17) is 11.0 Å². The van der Waals surface area contributed by atoms with E-state index < -0.39 is 0 Å². The van der Waals surface area contributed by atoms with Crippen molar-refractivity contribution in [3.05, 3.63) is 11.9 Å². The highest BCUT2D eigenvalue weighted by Gasteiger charge is 2.13. The van der Waals surface area contributed by atoms with Crippen LogP contribution >= 0.6 is 0 Å². The van der Waals surface area contributed by atoms with Gasteiger partial charge >= 0.3 is 0 Å². The second-order valence-electron chi connectivity index (χ2n) is 2.99. The minimum Gasteiger partial charge on any atom is -0.385 e. The molecule has 1 heterocycles. The molecule has 0 bridgehead atoms. The minimum absolute atomic E-state index is 0.589. The summed E-state index contributed by atoms with van der Waals surface area (Å²) in [6.07, 6.45) is 1.39. The zero-order chi connectivity index (χ0) is 8.97. The first-order valence-corrected chi connectivity index (χ1v) is 4.03. The van der Waals surface area contributed by atoms with Crippen molar-refractivity contribution in [3.63, 3.8) is 0 Å². The van der Waals surface area contributed by atoms with E-state index in [2.05, 4.69) is 11.9 Å². The highest BCUT2D eigenvalue weighted by Crippen LogP contribution is 2.02. The number of nitrogens with zero attached hydrogens (tertiary/aromatic N) is 3. The van der Waals surface area contributed by atoms with Crippen LogP contribution in [0.25, 0.3) is 0 Å². The first kappa shape index (κ1) is 8.88. The predicted molar refractivity (Wildman–Crippen MR) is 47.0 cm³/mol. The molecule has 12 heavy (non-hydrogen) atoms. The molecule has 1 fully saturated rings. The van der Waals surface area contributed by atoms with Gasteiger partial charge in [-0.2, -0.15) is 5.26 Å². The number of hydrogen-bond donors (Lipinski definition) is 1. The van der Waals surface area contributed by atoms with Crippen molar-refractivity contribution >= 4 is 0 Å². The first-order valence-electron chi connectivity index (χ1n) is 4.03. The van der Waals surface area contributed by atoms with Gasteiger partial charge in [0.05, 0.1) is 12.1 Å². The Kier molecular flexibility index (Phi) is 2.94. The number of hydrogen-bond acceptors (Lipinski definition) is 4. The molecule has 0 spiro atoms. The van der Waals surface area contributed by atoms with Crippen LogP contribution in [0.4, 0.5) is 0 Å². The van der Waals surface area contributed by atoms with Gasteiger partial charge in [-0.15, -0.1) is 0 Å². The summed E-state index contributed by atoms with van der Waals surface area (Å²) < 4.78 is 0.